The van der Waals surface area contributed by atoms with Crippen LogP contribution in [0.1, 0.15) is 11.3 Å². The van der Waals surface area contributed by atoms with Crippen molar-refractivity contribution in [1.29, 1.82) is 0 Å². The number of para-hydroxylation sites is 2. The third kappa shape index (κ3) is 3.03. The summed E-state index contributed by atoms with van der Waals surface area (Å²) in [5.74, 6) is 6.13. The number of nitrogens with two attached hydrogens (primary N) is 1. The van der Waals surface area contributed by atoms with E-state index in [-0.39, 0.29) is 34.2 Å². The number of fused-ring (bicyclic) bond motifs is 1. The number of rotatable bonds is 5. The number of nitrogens with one attached hydrogen (secondary N) is 1. The molecule has 0 fully saturated rings. The highest BCUT2D eigenvalue weighted by atomic mass is 16.6. The summed E-state index contributed by atoms with van der Waals surface area (Å²) in [6.45, 7) is 0. The van der Waals surface area contributed by atoms with Gasteiger partial charge in [0.1, 0.15) is 11.4 Å². The first-order chi connectivity index (χ1) is 13.7. The fourth-order valence-corrected chi connectivity index (χ4v) is 2.68. The van der Waals surface area contributed by atoms with E-state index in [2.05, 4.69) is 30.7 Å². The van der Waals surface area contributed by atoms with Gasteiger partial charge in [0.2, 0.25) is 11.3 Å². The van der Waals surface area contributed by atoms with Crippen LogP contribution in [0.2, 0.25) is 0 Å². The third-order valence-electron chi connectivity index (χ3n) is 3.98. The number of phenols is 1. The SMILES string of the molecule is COc1cccc(/C(=N\N)c2nc3nonc3nc2Nc2ccccc2)c1O. The maximum Gasteiger partial charge on any atom is 0.245 e. The zero-order valence-corrected chi connectivity index (χ0v) is 14.7. The number of hydrogen-bond donors (Lipinski definition) is 3. The fourth-order valence-electron chi connectivity index (χ4n) is 2.68. The summed E-state index contributed by atoms with van der Waals surface area (Å²) in [5, 5.41) is 25.0. The summed E-state index contributed by atoms with van der Waals surface area (Å²) < 4.78 is 9.88. The first kappa shape index (κ1) is 17.2. The molecule has 0 bridgehead atoms. The molecule has 0 spiro atoms. The van der Waals surface area contributed by atoms with Crippen LogP contribution >= 0.6 is 0 Å². The van der Waals surface area contributed by atoms with E-state index < -0.39 is 0 Å². The highest BCUT2D eigenvalue weighted by Gasteiger charge is 2.22. The Balaban J connectivity index is 1.89. The number of hydrazone groups is 1. The Bertz CT molecular complexity index is 1160. The number of hydrogen-bond acceptors (Lipinski definition) is 10. The molecule has 4 aromatic rings. The van der Waals surface area contributed by atoms with Gasteiger partial charge in [-0.15, -0.1) is 0 Å². The highest BCUT2D eigenvalue weighted by molar-refractivity contribution is 6.16. The molecule has 0 aliphatic carbocycles. The number of ether oxygens (including phenoxy) is 1. The zero-order chi connectivity index (χ0) is 19.5. The molecule has 4 rings (SSSR count). The van der Waals surface area contributed by atoms with Crippen molar-refractivity contribution in [2.24, 2.45) is 10.9 Å². The van der Waals surface area contributed by atoms with E-state index in [0.717, 1.165) is 5.69 Å². The second kappa shape index (κ2) is 7.19. The van der Waals surface area contributed by atoms with Crippen molar-refractivity contribution in [2.45, 2.75) is 0 Å². The van der Waals surface area contributed by atoms with Crippen LogP contribution in [0.4, 0.5) is 11.5 Å². The van der Waals surface area contributed by atoms with Crippen LogP contribution in [0.25, 0.3) is 11.3 Å². The Kier molecular flexibility index (Phi) is 4.42. The molecule has 2 aromatic heterocycles. The van der Waals surface area contributed by atoms with E-state index in [1.54, 1.807) is 18.2 Å². The molecule has 0 aliphatic heterocycles. The van der Waals surface area contributed by atoms with E-state index in [1.807, 2.05) is 30.3 Å². The largest absolute Gasteiger partial charge is 0.504 e. The van der Waals surface area contributed by atoms with Crippen LogP contribution in [-0.2, 0) is 0 Å². The van der Waals surface area contributed by atoms with Crippen molar-refractivity contribution in [2.75, 3.05) is 12.4 Å². The molecule has 140 valence electrons. The lowest BCUT2D eigenvalue weighted by molar-refractivity contribution is 0.314. The predicted octanol–water partition coefficient (Wildman–Crippen LogP) is 2.18. The minimum atomic E-state index is -0.125. The van der Waals surface area contributed by atoms with Crippen LogP contribution < -0.4 is 15.9 Å². The molecule has 0 amide bonds. The van der Waals surface area contributed by atoms with Gasteiger partial charge in [-0.1, -0.05) is 24.3 Å². The minimum absolute atomic E-state index is 0.125. The van der Waals surface area contributed by atoms with Crippen molar-refractivity contribution >= 4 is 28.5 Å². The molecular formula is C18H15N7O3. The van der Waals surface area contributed by atoms with Crippen LogP contribution in [0.5, 0.6) is 11.5 Å². The molecule has 2 heterocycles. The minimum Gasteiger partial charge on any atom is -0.504 e. The number of nitrogens with zero attached hydrogens (tertiary/aromatic N) is 5. The smallest absolute Gasteiger partial charge is 0.245 e. The topological polar surface area (TPSA) is 145 Å². The summed E-state index contributed by atoms with van der Waals surface area (Å²) in [7, 11) is 1.45. The summed E-state index contributed by atoms with van der Waals surface area (Å²) >= 11 is 0. The van der Waals surface area contributed by atoms with Crippen molar-refractivity contribution in [3.63, 3.8) is 0 Å². The number of benzene rings is 2. The number of aromatic nitrogens is 4. The first-order valence-electron chi connectivity index (χ1n) is 8.18. The molecular weight excluding hydrogens is 362 g/mol. The van der Waals surface area contributed by atoms with Gasteiger partial charge in [0.15, 0.2) is 17.3 Å². The summed E-state index contributed by atoms with van der Waals surface area (Å²) in [6.07, 6.45) is 0. The molecule has 0 atom stereocenters. The van der Waals surface area contributed by atoms with E-state index in [1.165, 1.54) is 7.11 Å². The second-order valence-electron chi connectivity index (χ2n) is 5.66. The van der Waals surface area contributed by atoms with Crippen LogP contribution in [0, 0.1) is 0 Å². The van der Waals surface area contributed by atoms with Gasteiger partial charge in [0.25, 0.3) is 0 Å². The number of aromatic hydroxyl groups is 1. The average Bonchev–Trinajstić information content (AvgIpc) is 3.18. The fraction of sp³-hybridized carbons (Fsp3) is 0.0556. The zero-order valence-electron chi connectivity index (χ0n) is 14.7. The van der Waals surface area contributed by atoms with Crippen LogP contribution in [0.15, 0.2) is 58.3 Å². The Morgan fingerprint density at radius 1 is 1.07 bits per heavy atom. The van der Waals surface area contributed by atoms with Crippen molar-refractivity contribution < 1.29 is 14.5 Å². The molecule has 0 saturated carbocycles. The lowest BCUT2D eigenvalue weighted by Gasteiger charge is -2.13. The number of phenolic OH excluding ortho intramolecular Hbond substituents is 1. The molecule has 0 aliphatic rings. The lowest BCUT2D eigenvalue weighted by Crippen LogP contribution is -2.14. The standard InChI is InChI=1S/C18H15N7O3/c1-27-12-9-5-8-11(15(12)26)13(23-19)14-16(20-10-6-3-2-4-7-10)22-18-17(21-14)24-28-25-18/h2-9,26H,19H2,1H3,(H,20,22,25)/b23-13+. The Hall–Kier alpha value is -4.21. The average molecular weight is 377 g/mol. The summed E-state index contributed by atoms with van der Waals surface area (Å²) in [4.78, 5) is 8.83. The molecule has 10 nitrogen and oxygen atoms in total. The summed E-state index contributed by atoms with van der Waals surface area (Å²) in [5.41, 5.74) is 1.93. The third-order valence-corrected chi connectivity index (χ3v) is 3.98. The number of anilines is 2. The Morgan fingerprint density at radius 3 is 2.54 bits per heavy atom. The second-order valence-corrected chi connectivity index (χ2v) is 5.66. The van der Waals surface area contributed by atoms with Gasteiger partial charge in [-0.05, 0) is 34.6 Å². The molecule has 28 heavy (non-hydrogen) atoms. The molecule has 4 N–H and O–H groups in total. The van der Waals surface area contributed by atoms with Gasteiger partial charge in [-0.3, -0.25) is 0 Å². The molecule has 0 unspecified atom stereocenters. The molecule has 2 aromatic carbocycles. The Labute approximate surface area is 158 Å². The maximum atomic E-state index is 10.5. The first-order valence-corrected chi connectivity index (χ1v) is 8.18. The van der Waals surface area contributed by atoms with Gasteiger partial charge in [0.05, 0.1) is 12.7 Å². The van der Waals surface area contributed by atoms with Crippen LogP contribution in [0.3, 0.4) is 0 Å². The van der Waals surface area contributed by atoms with Crippen molar-refractivity contribution in [1.82, 2.24) is 20.3 Å². The maximum absolute atomic E-state index is 10.5. The summed E-state index contributed by atoms with van der Waals surface area (Å²) in [6, 6.07) is 14.3. The van der Waals surface area contributed by atoms with Gasteiger partial charge < -0.3 is 21.0 Å². The highest BCUT2D eigenvalue weighted by Crippen LogP contribution is 2.32. The van der Waals surface area contributed by atoms with Gasteiger partial charge in [-0.2, -0.15) is 5.10 Å². The van der Waals surface area contributed by atoms with Crippen molar-refractivity contribution in [3.8, 4) is 11.5 Å². The van der Waals surface area contributed by atoms with E-state index >= 15 is 0 Å². The van der Waals surface area contributed by atoms with Crippen LogP contribution in [-0.4, -0.2) is 38.2 Å². The van der Waals surface area contributed by atoms with Crippen molar-refractivity contribution in [3.05, 3.63) is 59.8 Å². The van der Waals surface area contributed by atoms with E-state index in [9.17, 15) is 5.11 Å². The molecule has 0 radical (unpaired) electrons. The van der Waals surface area contributed by atoms with Gasteiger partial charge in [0, 0.05) is 5.69 Å². The normalized spacial score (nSPS) is 11.5. The predicted molar refractivity (Wildman–Crippen MR) is 102 cm³/mol. The van der Waals surface area contributed by atoms with E-state index in [0.29, 0.717) is 11.4 Å². The quantitative estimate of drug-likeness (QED) is 0.271. The van der Waals surface area contributed by atoms with Gasteiger partial charge in [-0.25, -0.2) is 14.6 Å². The Morgan fingerprint density at radius 2 is 1.82 bits per heavy atom. The molecule has 0 saturated heterocycles. The molecule has 10 heteroatoms. The van der Waals surface area contributed by atoms with E-state index in [4.69, 9.17) is 15.2 Å². The number of methoxy groups -OCH3 is 1. The lowest BCUT2D eigenvalue weighted by atomic mass is 10.0. The monoisotopic (exact) mass is 377 g/mol. The van der Waals surface area contributed by atoms with Gasteiger partial charge >= 0.3 is 0 Å².